The molecule has 1 heterocycles. The number of hydrogen-bond donors (Lipinski definition) is 0. The van der Waals surface area contributed by atoms with E-state index < -0.39 is 15.8 Å². The Labute approximate surface area is 158 Å². The van der Waals surface area contributed by atoms with E-state index in [1.807, 2.05) is 0 Å². The summed E-state index contributed by atoms with van der Waals surface area (Å²) in [6.07, 6.45) is 7.31. The van der Waals surface area contributed by atoms with E-state index in [-0.39, 0.29) is 36.9 Å². The van der Waals surface area contributed by atoms with Crippen LogP contribution in [-0.4, -0.2) is 43.7 Å². The summed E-state index contributed by atoms with van der Waals surface area (Å²) in [4.78, 5) is 13.9. The maximum atomic E-state index is 13.0. The van der Waals surface area contributed by atoms with E-state index in [9.17, 15) is 17.6 Å². The molecule has 1 aromatic carbocycles. The quantitative estimate of drug-likeness (QED) is 0.615. The van der Waals surface area contributed by atoms with Gasteiger partial charge < -0.3 is 9.32 Å². The Balaban J connectivity index is 1.90. The average molecular weight is 392 g/mol. The largest absolute Gasteiger partial charge is 0.467 e. The van der Waals surface area contributed by atoms with Crippen LogP contribution in [0.25, 0.3) is 0 Å². The normalized spacial score (nSPS) is 11.3. The minimum absolute atomic E-state index is 0.00417. The number of carbonyl (C=O) groups excluding carboxylic acids is 1. The molecule has 0 saturated carbocycles. The number of terminal acetylenes is 1. The third-order valence-corrected chi connectivity index (χ3v) is 5.82. The van der Waals surface area contributed by atoms with E-state index in [1.165, 1.54) is 30.3 Å². The van der Waals surface area contributed by atoms with Gasteiger partial charge in [0.05, 0.1) is 24.2 Å². The number of halogens is 1. The molecule has 1 aromatic heterocycles. The fraction of sp³-hybridized carbons (Fsp3) is 0.316. The molecule has 144 valence electrons. The fourth-order valence-electron chi connectivity index (χ4n) is 2.45. The second-order valence-electron chi connectivity index (χ2n) is 5.92. The summed E-state index contributed by atoms with van der Waals surface area (Å²) in [5, 5.41) is 0. The van der Waals surface area contributed by atoms with Gasteiger partial charge in [-0.15, -0.1) is 6.42 Å². The molecule has 0 N–H and O–H groups in total. The summed E-state index contributed by atoms with van der Waals surface area (Å²) in [5.74, 6) is 2.37. The van der Waals surface area contributed by atoms with E-state index in [1.54, 1.807) is 12.1 Å². The standard InChI is InChI=1S/C19H21FN2O4S/c1-3-12-22(15-17-6-5-14-26-17)19(23)7-4-13-21(2)27(24,25)18-10-8-16(20)9-11-18/h1,5-6,8-11,14H,4,7,12-13,15H2,2H3. The van der Waals surface area contributed by atoms with Gasteiger partial charge >= 0.3 is 0 Å². The highest BCUT2D eigenvalue weighted by molar-refractivity contribution is 7.89. The number of amides is 1. The molecule has 2 rings (SSSR count). The van der Waals surface area contributed by atoms with Crippen LogP contribution in [0.15, 0.2) is 52.0 Å². The third kappa shape index (κ3) is 5.67. The van der Waals surface area contributed by atoms with E-state index >= 15 is 0 Å². The van der Waals surface area contributed by atoms with Crippen LogP contribution in [-0.2, 0) is 21.4 Å². The van der Waals surface area contributed by atoms with Crippen molar-refractivity contribution in [2.24, 2.45) is 0 Å². The molecule has 0 unspecified atom stereocenters. The Morgan fingerprint density at radius 2 is 1.96 bits per heavy atom. The molecule has 1 amide bonds. The van der Waals surface area contributed by atoms with Gasteiger partial charge in [0.2, 0.25) is 15.9 Å². The number of nitrogens with zero attached hydrogens (tertiary/aromatic N) is 2. The Hall–Kier alpha value is -2.63. The molecule has 27 heavy (non-hydrogen) atoms. The maximum Gasteiger partial charge on any atom is 0.242 e. The summed E-state index contributed by atoms with van der Waals surface area (Å²) in [6, 6.07) is 8.09. The molecule has 8 heteroatoms. The van der Waals surface area contributed by atoms with E-state index in [0.717, 1.165) is 16.4 Å². The highest BCUT2D eigenvalue weighted by Gasteiger charge is 2.21. The molecule has 0 atom stereocenters. The average Bonchev–Trinajstić information content (AvgIpc) is 3.14. The lowest BCUT2D eigenvalue weighted by Crippen LogP contribution is -2.32. The molecule has 0 aliphatic heterocycles. The number of sulfonamides is 1. The zero-order valence-corrected chi connectivity index (χ0v) is 15.8. The zero-order valence-electron chi connectivity index (χ0n) is 15.0. The van der Waals surface area contributed by atoms with Crippen LogP contribution in [0, 0.1) is 18.2 Å². The molecule has 0 fully saturated rings. The van der Waals surface area contributed by atoms with Gasteiger partial charge in [-0.2, -0.15) is 0 Å². The van der Waals surface area contributed by atoms with Crippen molar-refractivity contribution in [3.63, 3.8) is 0 Å². The Kier molecular flexibility index (Phi) is 7.16. The SMILES string of the molecule is C#CCN(Cc1ccco1)C(=O)CCCN(C)S(=O)(=O)c1ccc(F)cc1. The third-order valence-electron chi connectivity index (χ3n) is 3.95. The summed E-state index contributed by atoms with van der Waals surface area (Å²) >= 11 is 0. The van der Waals surface area contributed by atoms with Crippen molar-refractivity contribution in [3.05, 3.63) is 54.2 Å². The number of hydrogen-bond acceptors (Lipinski definition) is 4. The molecule has 0 aliphatic carbocycles. The van der Waals surface area contributed by atoms with Gasteiger partial charge in [-0.25, -0.2) is 17.1 Å². The van der Waals surface area contributed by atoms with Crippen molar-refractivity contribution < 1.29 is 22.0 Å². The van der Waals surface area contributed by atoms with Gasteiger partial charge in [0.1, 0.15) is 11.6 Å². The van der Waals surface area contributed by atoms with Gasteiger partial charge in [0.25, 0.3) is 0 Å². The number of carbonyl (C=O) groups is 1. The van der Waals surface area contributed by atoms with E-state index in [4.69, 9.17) is 10.8 Å². The maximum absolute atomic E-state index is 13.0. The first-order valence-corrected chi connectivity index (χ1v) is 9.74. The molecule has 2 aromatic rings. The first-order chi connectivity index (χ1) is 12.8. The van der Waals surface area contributed by atoms with Crippen LogP contribution < -0.4 is 0 Å². The number of furan rings is 1. The Morgan fingerprint density at radius 1 is 1.26 bits per heavy atom. The van der Waals surface area contributed by atoms with Crippen LogP contribution in [0.2, 0.25) is 0 Å². The Morgan fingerprint density at radius 3 is 2.56 bits per heavy atom. The van der Waals surface area contributed by atoms with Crippen LogP contribution in [0.4, 0.5) is 4.39 Å². The lowest BCUT2D eigenvalue weighted by molar-refractivity contribution is -0.131. The molecule has 0 aliphatic rings. The van der Waals surface area contributed by atoms with Crippen molar-refractivity contribution >= 4 is 15.9 Å². The lowest BCUT2D eigenvalue weighted by atomic mass is 10.2. The van der Waals surface area contributed by atoms with Gasteiger partial charge in [-0.1, -0.05) is 5.92 Å². The van der Waals surface area contributed by atoms with Crippen molar-refractivity contribution in [2.75, 3.05) is 20.1 Å². The van der Waals surface area contributed by atoms with E-state index in [2.05, 4.69) is 5.92 Å². The van der Waals surface area contributed by atoms with Crippen molar-refractivity contribution in [1.29, 1.82) is 0 Å². The predicted octanol–water partition coefficient (Wildman–Crippen LogP) is 2.48. The summed E-state index contributed by atoms with van der Waals surface area (Å²) < 4.78 is 44.2. The monoisotopic (exact) mass is 392 g/mol. The van der Waals surface area contributed by atoms with Gasteiger partial charge in [0, 0.05) is 20.0 Å². The van der Waals surface area contributed by atoms with Gasteiger partial charge in [0.15, 0.2) is 0 Å². The summed E-state index contributed by atoms with van der Waals surface area (Å²) in [6.45, 7) is 0.555. The second-order valence-corrected chi connectivity index (χ2v) is 7.96. The van der Waals surface area contributed by atoms with Gasteiger partial charge in [-0.05, 0) is 42.8 Å². The smallest absolute Gasteiger partial charge is 0.242 e. The minimum Gasteiger partial charge on any atom is -0.467 e. The first kappa shape index (κ1) is 20.7. The Bertz CT molecular complexity index is 887. The lowest BCUT2D eigenvalue weighted by Gasteiger charge is -2.20. The van der Waals surface area contributed by atoms with Crippen molar-refractivity contribution in [2.45, 2.75) is 24.3 Å². The second kappa shape index (κ2) is 9.35. The van der Waals surface area contributed by atoms with Crippen LogP contribution in [0.1, 0.15) is 18.6 Å². The molecule has 0 radical (unpaired) electrons. The fourth-order valence-corrected chi connectivity index (χ4v) is 3.66. The van der Waals surface area contributed by atoms with Gasteiger partial charge in [-0.3, -0.25) is 4.79 Å². The number of benzene rings is 1. The first-order valence-electron chi connectivity index (χ1n) is 8.30. The van der Waals surface area contributed by atoms with Crippen molar-refractivity contribution in [3.8, 4) is 12.3 Å². The highest BCUT2D eigenvalue weighted by atomic mass is 32.2. The molecular weight excluding hydrogens is 371 g/mol. The predicted molar refractivity (Wildman–Crippen MR) is 98.4 cm³/mol. The van der Waals surface area contributed by atoms with Crippen molar-refractivity contribution in [1.82, 2.24) is 9.21 Å². The molecule has 0 bridgehead atoms. The molecule has 0 spiro atoms. The topological polar surface area (TPSA) is 70.8 Å². The molecule has 6 nitrogen and oxygen atoms in total. The molecular formula is C19H21FN2O4S. The summed E-state index contributed by atoms with van der Waals surface area (Å²) in [5.41, 5.74) is 0. The molecule has 0 saturated heterocycles. The van der Waals surface area contributed by atoms with Crippen LogP contribution in [0.3, 0.4) is 0 Å². The van der Waals surface area contributed by atoms with E-state index in [0.29, 0.717) is 12.2 Å². The highest BCUT2D eigenvalue weighted by Crippen LogP contribution is 2.16. The summed E-state index contributed by atoms with van der Waals surface area (Å²) in [7, 11) is -2.31. The minimum atomic E-state index is -3.73. The van der Waals surface area contributed by atoms with Crippen LogP contribution in [0.5, 0.6) is 0 Å². The number of rotatable bonds is 9. The van der Waals surface area contributed by atoms with Crippen LogP contribution >= 0.6 is 0 Å². The zero-order chi connectivity index (χ0) is 19.9.